The van der Waals surface area contributed by atoms with E-state index in [2.05, 4.69) is 10.5 Å². The van der Waals surface area contributed by atoms with E-state index >= 15 is 0 Å². The zero-order chi connectivity index (χ0) is 18.4. The number of ether oxygens (including phenoxy) is 1. The summed E-state index contributed by atoms with van der Waals surface area (Å²) in [5.74, 6) is 0.811. The quantitative estimate of drug-likeness (QED) is 0.485. The van der Waals surface area contributed by atoms with Crippen molar-refractivity contribution in [2.75, 3.05) is 7.11 Å². The van der Waals surface area contributed by atoms with Crippen LogP contribution in [0.4, 0.5) is 0 Å². The molecule has 0 saturated heterocycles. The van der Waals surface area contributed by atoms with Crippen LogP contribution in [0.5, 0.6) is 5.75 Å². The van der Waals surface area contributed by atoms with E-state index in [0.717, 1.165) is 4.90 Å². The Morgan fingerprint density at radius 3 is 2.77 bits per heavy atom. The smallest absolute Gasteiger partial charge is 0.271 e. The molecule has 26 heavy (non-hydrogen) atoms. The van der Waals surface area contributed by atoms with Crippen molar-refractivity contribution in [1.29, 1.82) is 0 Å². The summed E-state index contributed by atoms with van der Waals surface area (Å²) in [5, 5.41) is 5.32. The van der Waals surface area contributed by atoms with Crippen LogP contribution in [0.25, 0.3) is 0 Å². The van der Waals surface area contributed by atoms with E-state index in [1.165, 1.54) is 18.0 Å². The highest BCUT2D eigenvalue weighted by Gasteiger charge is 2.06. The van der Waals surface area contributed by atoms with Crippen LogP contribution in [0, 0.1) is 0 Å². The number of halogens is 1. The topological polar surface area (TPSA) is 63.8 Å². The number of methoxy groups -OCH3 is 1. The summed E-state index contributed by atoms with van der Waals surface area (Å²) in [5.41, 5.74) is 2.92. The Morgan fingerprint density at radius 2 is 2.00 bits per heavy atom. The molecule has 0 aliphatic heterocycles. The highest BCUT2D eigenvalue weighted by molar-refractivity contribution is 7.99. The van der Waals surface area contributed by atoms with Gasteiger partial charge in [-0.15, -0.1) is 0 Å². The van der Waals surface area contributed by atoms with Crippen molar-refractivity contribution in [1.82, 2.24) is 5.43 Å². The van der Waals surface area contributed by atoms with Gasteiger partial charge in [-0.05, 0) is 54.6 Å². The largest absolute Gasteiger partial charge is 0.497 e. The number of nitrogens with zero attached hydrogens (tertiary/aromatic N) is 1. The fourth-order valence-corrected chi connectivity index (χ4v) is 2.97. The Hall–Kier alpha value is -2.70. The van der Waals surface area contributed by atoms with Crippen molar-refractivity contribution in [2.24, 2.45) is 5.10 Å². The van der Waals surface area contributed by atoms with Crippen LogP contribution in [0.1, 0.15) is 16.1 Å². The van der Waals surface area contributed by atoms with Gasteiger partial charge in [-0.2, -0.15) is 5.10 Å². The van der Waals surface area contributed by atoms with Crippen molar-refractivity contribution in [3.63, 3.8) is 0 Å². The summed E-state index contributed by atoms with van der Waals surface area (Å²) in [6, 6.07) is 17.9. The maximum Gasteiger partial charge on any atom is 0.271 e. The minimum atomic E-state index is -0.331. The van der Waals surface area contributed by atoms with Crippen molar-refractivity contribution in [2.45, 2.75) is 9.99 Å². The molecule has 0 radical (unpaired) electrons. The third-order valence-corrected chi connectivity index (χ3v) is 4.50. The van der Waals surface area contributed by atoms with Crippen LogP contribution in [0.15, 0.2) is 80.2 Å². The molecule has 0 fully saturated rings. The minimum Gasteiger partial charge on any atom is -0.497 e. The Bertz CT molecular complexity index is 923. The van der Waals surface area contributed by atoms with Crippen molar-refractivity contribution in [3.8, 4) is 5.75 Å². The van der Waals surface area contributed by atoms with Gasteiger partial charge in [0, 0.05) is 15.5 Å². The number of hydrogen-bond donors (Lipinski definition) is 1. The van der Waals surface area contributed by atoms with Crippen molar-refractivity contribution >= 4 is 35.5 Å². The molecule has 0 saturated carbocycles. The van der Waals surface area contributed by atoms with Crippen LogP contribution in [0.2, 0.25) is 5.02 Å². The van der Waals surface area contributed by atoms with Gasteiger partial charge in [0.1, 0.15) is 11.5 Å². The molecule has 0 aliphatic carbocycles. The first-order valence-electron chi connectivity index (χ1n) is 7.65. The number of hydrogen-bond acceptors (Lipinski definition) is 5. The predicted molar refractivity (Wildman–Crippen MR) is 102 cm³/mol. The molecule has 1 heterocycles. The Morgan fingerprint density at radius 1 is 1.19 bits per heavy atom. The number of benzene rings is 2. The molecule has 0 atom stereocenters. The lowest BCUT2D eigenvalue weighted by Crippen LogP contribution is -2.17. The summed E-state index contributed by atoms with van der Waals surface area (Å²) < 4.78 is 10.7. The predicted octanol–water partition coefficient (Wildman–Crippen LogP) is 4.86. The lowest BCUT2D eigenvalue weighted by molar-refractivity contribution is 0.0954. The molecule has 1 amide bonds. The standard InChI is InChI=1S/C19H15ClN2O3S/c1-24-15-4-2-3-13(11-15)19(23)22-21-12-16-7-10-18(25-16)26-17-8-5-14(20)6-9-17/h2-12H,1H3,(H,22,23)/b21-12-. The van der Waals surface area contributed by atoms with Gasteiger partial charge >= 0.3 is 0 Å². The van der Waals surface area contributed by atoms with E-state index < -0.39 is 0 Å². The zero-order valence-electron chi connectivity index (χ0n) is 13.8. The van der Waals surface area contributed by atoms with Crippen molar-refractivity contribution < 1.29 is 13.9 Å². The molecule has 7 heteroatoms. The summed E-state index contributed by atoms with van der Waals surface area (Å²) >= 11 is 7.34. The number of furan rings is 1. The molecule has 0 bridgehead atoms. The lowest BCUT2D eigenvalue weighted by Gasteiger charge is -2.02. The number of amides is 1. The summed E-state index contributed by atoms with van der Waals surface area (Å²) in [4.78, 5) is 13.1. The molecule has 0 spiro atoms. The average Bonchev–Trinajstić information content (AvgIpc) is 3.11. The van der Waals surface area contributed by atoms with E-state index in [9.17, 15) is 4.79 Å². The second kappa shape index (κ2) is 8.60. The fourth-order valence-electron chi connectivity index (χ4n) is 2.06. The third kappa shape index (κ3) is 4.91. The molecule has 132 valence electrons. The first kappa shape index (κ1) is 18.1. The van der Waals surface area contributed by atoms with Gasteiger partial charge in [0.05, 0.1) is 13.3 Å². The molecule has 0 unspecified atom stereocenters. The zero-order valence-corrected chi connectivity index (χ0v) is 15.4. The SMILES string of the molecule is COc1cccc(C(=O)N/N=C\c2ccc(Sc3ccc(Cl)cc3)o2)c1. The van der Waals surface area contributed by atoms with E-state index in [4.69, 9.17) is 20.8 Å². The maximum absolute atomic E-state index is 12.1. The van der Waals surface area contributed by atoms with Gasteiger partial charge in [0.2, 0.25) is 0 Å². The number of nitrogens with one attached hydrogen (secondary N) is 1. The normalized spacial score (nSPS) is 10.8. The van der Waals surface area contributed by atoms with E-state index in [-0.39, 0.29) is 5.91 Å². The first-order valence-corrected chi connectivity index (χ1v) is 8.84. The molecular formula is C19H15ClN2O3S. The molecule has 1 aromatic heterocycles. The fraction of sp³-hybridized carbons (Fsp3) is 0.0526. The molecule has 3 aromatic rings. The van der Waals surface area contributed by atoms with Gasteiger partial charge in [-0.1, -0.05) is 29.4 Å². The maximum atomic E-state index is 12.1. The van der Waals surface area contributed by atoms with Crippen LogP contribution in [0.3, 0.4) is 0 Å². The Kier molecular flexibility index (Phi) is 5.99. The summed E-state index contributed by atoms with van der Waals surface area (Å²) in [6.07, 6.45) is 1.45. The third-order valence-electron chi connectivity index (χ3n) is 3.32. The minimum absolute atomic E-state index is 0.331. The van der Waals surface area contributed by atoms with Crippen LogP contribution in [-0.2, 0) is 0 Å². The highest BCUT2D eigenvalue weighted by Crippen LogP contribution is 2.29. The van der Waals surface area contributed by atoms with Gasteiger partial charge < -0.3 is 9.15 Å². The second-order valence-corrected chi connectivity index (χ2v) is 6.66. The molecule has 3 rings (SSSR count). The van der Waals surface area contributed by atoms with Gasteiger partial charge in [0.15, 0.2) is 5.09 Å². The van der Waals surface area contributed by atoms with E-state index in [1.807, 2.05) is 30.3 Å². The van der Waals surface area contributed by atoms with Gasteiger partial charge in [0.25, 0.3) is 5.91 Å². The Balaban J connectivity index is 1.58. The van der Waals surface area contributed by atoms with E-state index in [1.54, 1.807) is 37.4 Å². The Labute approximate surface area is 160 Å². The number of rotatable bonds is 6. The van der Waals surface area contributed by atoms with Gasteiger partial charge in [-0.3, -0.25) is 4.79 Å². The molecule has 2 aromatic carbocycles. The van der Waals surface area contributed by atoms with Gasteiger partial charge in [-0.25, -0.2) is 5.43 Å². The highest BCUT2D eigenvalue weighted by atomic mass is 35.5. The average molecular weight is 387 g/mol. The monoisotopic (exact) mass is 386 g/mol. The molecule has 0 aliphatic rings. The van der Waals surface area contributed by atoms with Crippen LogP contribution < -0.4 is 10.2 Å². The second-order valence-electron chi connectivity index (χ2n) is 5.14. The van der Waals surface area contributed by atoms with E-state index in [0.29, 0.717) is 27.2 Å². The molecular weight excluding hydrogens is 372 g/mol. The van der Waals surface area contributed by atoms with Crippen LogP contribution in [-0.4, -0.2) is 19.2 Å². The van der Waals surface area contributed by atoms with Crippen LogP contribution >= 0.6 is 23.4 Å². The lowest BCUT2D eigenvalue weighted by atomic mass is 10.2. The first-order chi connectivity index (χ1) is 12.6. The summed E-state index contributed by atoms with van der Waals surface area (Å²) in [7, 11) is 1.55. The molecule has 1 N–H and O–H groups in total. The number of hydrazone groups is 1. The number of carbonyl (C=O) groups excluding carboxylic acids is 1. The number of carbonyl (C=O) groups is 1. The summed E-state index contributed by atoms with van der Waals surface area (Å²) in [6.45, 7) is 0. The molecule has 5 nitrogen and oxygen atoms in total. The van der Waals surface area contributed by atoms with Crippen molar-refractivity contribution in [3.05, 3.63) is 77.0 Å².